The molecule has 0 spiro atoms. The number of aliphatic imine (C=N–C) groups is 1. The van der Waals surface area contributed by atoms with E-state index in [1.54, 1.807) is 18.4 Å². The Morgan fingerprint density at radius 2 is 1.88 bits per heavy atom. The smallest absolute Gasteiger partial charge is 0.254 e. The van der Waals surface area contributed by atoms with Crippen molar-refractivity contribution in [2.75, 3.05) is 0 Å². The first-order chi connectivity index (χ1) is 15.8. The Morgan fingerprint density at radius 3 is 2.72 bits per heavy atom. The highest BCUT2D eigenvalue weighted by Gasteiger charge is 2.13. The molecule has 3 heterocycles. The second-order valence-corrected chi connectivity index (χ2v) is 8.27. The number of para-hydroxylation sites is 1. The number of aromatic nitrogens is 1. The molecule has 0 aliphatic carbocycles. The molecule has 0 aliphatic rings. The van der Waals surface area contributed by atoms with Crippen LogP contribution >= 0.6 is 11.3 Å². The molecule has 0 unspecified atom stereocenters. The molecule has 6 heteroatoms. The van der Waals surface area contributed by atoms with Gasteiger partial charge in [-0.15, -0.1) is 11.3 Å². The van der Waals surface area contributed by atoms with Crippen molar-refractivity contribution in [3.8, 4) is 0 Å². The highest BCUT2D eigenvalue weighted by atomic mass is 32.1. The van der Waals surface area contributed by atoms with E-state index in [0.717, 1.165) is 23.0 Å². The quantitative estimate of drug-likeness (QED) is 0.315. The first-order valence-corrected chi connectivity index (χ1v) is 11.2. The minimum Gasteiger partial charge on any atom is -0.467 e. The number of hydrogen-bond donors (Lipinski definition) is 1. The van der Waals surface area contributed by atoms with Crippen LogP contribution in [0.2, 0.25) is 0 Å². The standard InChI is InChI=1S/C26H21N3O2S/c30-25(27-16-21-9-6-13-31-21)23-12-14-32-26(23)28-15-20-18-29(17-19-7-2-1-3-8-19)24-11-5-4-10-22(20)24/h1-15,18H,16-17H2,(H,27,30). The summed E-state index contributed by atoms with van der Waals surface area (Å²) in [4.78, 5) is 17.3. The Hall–Kier alpha value is -3.90. The third kappa shape index (κ3) is 4.26. The summed E-state index contributed by atoms with van der Waals surface area (Å²) in [5, 5.41) is 6.58. The molecule has 0 saturated heterocycles. The number of amides is 1. The normalized spacial score (nSPS) is 11.4. The predicted molar refractivity (Wildman–Crippen MR) is 129 cm³/mol. The van der Waals surface area contributed by atoms with Crippen molar-refractivity contribution in [2.24, 2.45) is 4.99 Å². The first kappa shape index (κ1) is 20.0. The number of nitrogens with one attached hydrogen (secondary N) is 1. The van der Waals surface area contributed by atoms with Crippen molar-refractivity contribution in [1.29, 1.82) is 0 Å². The second-order valence-electron chi connectivity index (χ2n) is 7.37. The van der Waals surface area contributed by atoms with E-state index in [4.69, 9.17) is 4.42 Å². The fraction of sp³-hybridized carbons (Fsp3) is 0.0769. The third-order valence-electron chi connectivity index (χ3n) is 5.23. The fourth-order valence-electron chi connectivity index (χ4n) is 3.67. The van der Waals surface area contributed by atoms with Crippen molar-refractivity contribution in [3.63, 3.8) is 0 Å². The zero-order chi connectivity index (χ0) is 21.8. The lowest BCUT2D eigenvalue weighted by Gasteiger charge is -2.05. The van der Waals surface area contributed by atoms with Crippen LogP contribution in [-0.4, -0.2) is 16.7 Å². The van der Waals surface area contributed by atoms with Crippen LogP contribution in [0, 0.1) is 0 Å². The van der Waals surface area contributed by atoms with Gasteiger partial charge in [0.15, 0.2) is 0 Å². The topological polar surface area (TPSA) is 59.5 Å². The molecule has 0 aliphatic heterocycles. The van der Waals surface area contributed by atoms with Crippen LogP contribution in [0.1, 0.15) is 27.2 Å². The Kier molecular flexibility index (Phi) is 5.68. The largest absolute Gasteiger partial charge is 0.467 e. The number of benzene rings is 2. The minimum absolute atomic E-state index is 0.165. The van der Waals surface area contributed by atoms with Crippen molar-refractivity contribution in [1.82, 2.24) is 9.88 Å². The van der Waals surface area contributed by atoms with E-state index >= 15 is 0 Å². The lowest BCUT2D eigenvalue weighted by molar-refractivity contribution is 0.0949. The molecule has 5 nitrogen and oxygen atoms in total. The van der Waals surface area contributed by atoms with E-state index in [1.807, 2.05) is 35.9 Å². The van der Waals surface area contributed by atoms with E-state index in [0.29, 0.717) is 22.9 Å². The lowest BCUT2D eigenvalue weighted by Crippen LogP contribution is -2.22. The Bertz CT molecular complexity index is 1360. The van der Waals surface area contributed by atoms with Gasteiger partial charge in [0, 0.05) is 35.4 Å². The summed E-state index contributed by atoms with van der Waals surface area (Å²) < 4.78 is 7.51. The average molecular weight is 440 g/mol. The molecular formula is C26H21N3O2S. The number of rotatable bonds is 7. The van der Waals surface area contributed by atoms with Crippen LogP contribution in [0.15, 0.2) is 100 Å². The summed E-state index contributed by atoms with van der Waals surface area (Å²) in [6.07, 6.45) is 5.56. The molecule has 0 fully saturated rings. The van der Waals surface area contributed by atoms with Gasteiger partial charge in [0.25, 0.3) is 5.91 Å². The number of carbonyl (C=O) groups is 1. The van der Waals surface area contributed by atoms with E-state index in [2.05, 4.69) is 57.5 Å². The van der Waals surface area contributed by atoms with Crippen LogP contribution in [-0.2, 0) is 13.1 Å². The van der Waals surface area contributed by atoms with Gasteiger partial charge in [-0.1, -0.05) is 48.5 Å². The predicted octanol–water partition coefficient (Wildman–Crippen LogP) is 6.02. The number of furan rings is 1. The lowest BCUT2D eigenvalue weighted by atomic mass is 10.2. The Morgan fingerprint density at radius 1 is 1.03 bits per heavy atom. The molecule has 158 valence electrons. The van der Waals surface area contributed by atoms with E-state index < -0.39 is 0 Å². The zero-order valence-corrected chi connectivity index (χ0v) is 18.1. The number of thiophene rings is 1. The van der Waals surface area contributed by atoms with Crippen molar-refractivity contribution in [3.05, 3.63) is 113 Å². The molecule has 0 saturated carbocycles. The van der Waals surface area contributed by atoms with Crippen LogP contribution in [0.5, 0.6) is 0 Å². The maximum absolute atomic E-state index is 12.6. The van der Waals surface area contributed by atoms with E-state index in [1.165, 1.54) is 16.9 Å². The van der Waals surface area contributed by atoms with Crippen molar-refractivity contribution in [2.45, 2.75) is 13.1 Å². The molecule has 5 aromatic rings. The molecule has 2 aromatic carbocycles. The van der Waals surface area contributed by atoms with Gasteiger partial charge in [0.1, 0.15) is 10.8 Å². The minimum atomic E-state index is -0.165. The van der Waals surface area contributed by atoms with Gasteiger partial charge in [0.2, 0.25) is 0 Å². The fourth-order valence-corrected chi connectivity index (χ4v) is 4.40. The summed E-state index contributed by atoms with van der Waals surface area (Å²) in [7, 11) is 0. The molecule has 0 radical (unpaired) electrons. The third-order valence-corrected chi connectivity index (χ3v) is 6.05. The van der Waals surface area contributed by atoms with Crippen molar-refractivity contribution < 1.29 is 9.21 Å². The molecule has 3 aromatic heterocycles. The van der Waals surface area contributed by atoms with Crippen LogP contribution in [0.3, 0.4) is 0 Å². The maximum atomic E-state index is 12.6. The number of fused-ring (bicyclic) bond motifs is 1. The number of nitrogens with zero attached hydrogens (tertiary/aromatic N) is 2. The molecule has 0 atom stereocenters. The molecule has 0 bridgehead atoms. The van der Waals surface area contributed by atoms with Crippen LogP contribution in [0.25, 0.3) is 10.9 Å². The number of hydrogen-bond acceptors (Lipinski definition) is 4. The zero-order valence-electron chi connectivity index (χ0n) is 17.3. The van der Waals surface area contributed by atoms with E-state index in [9.17, 15) is 4.79 Å². The first-order valence-electron chi connectivity index (χ1n) is 10.3. The maximum Gasteiger partial charge on any atom is 0.254 e. The van der Waals surface area contributed by atoms with Gasteiger partial charge >= 0.3 is 0 Å². The molecule has 5 rings (SSSR count). The van der Waals surface area contributed by atoms with Gasteiger partial charge in [-0.05, 0) is 35.2 Å². The van der Waals surface area contributed by atoms with Gasteiger partial charge in [-0.2, -0.15) is 0 Å². The highest BCUT2D eigenvalue weighted by Crippen LogP contribution is 2.28. The molecular weight excluding hydrogens is 418 g/mol. The summed E-state index contributed by atoms with van der Waals surface area (Å²) in [6.45, 7) is 1.13. The second kappa shape index (κ2) is 9.08. The van der Waals surface area contributed by atoms with Crippen LogP contribution < -0.4 is 5.32 Å². The molecule has 32 heavy (non-hydrogen) atoms. The highest BCUT2D eigenvalue weighted by molar-refractivity contribution is 7.14. The summed E-state index contributed by atoms with van der Waals surface area (Å²) >= 11 is 1.45. The Balaban J connectivity index is 1.39. The van der Waals surface area contributed by atoms with Gasteiger partial charge < -0.3 is 14.3 Å². The molecule has 1 amide bonds. The number of carbonyl (C=O) groups excluding carboxylic acids is 1. The van der Waals surface area contributed by atoms with Gasteiger partial charge in [-0.3, -0.25) is 4.79 Å². The molecule has 1 N–H and O–H groups in total. The summed E-state index contributed by atoms with van der Waals surface area (Å²) in [5.41, 5.74) is 3.98. The van der Waals surface area contributed by atoms with Crippen LogP contribution in [0.4, 0.5) is 5.00 Å². The van der Waals surface area contributed by atoms with Gasteiger partial charge in [-0.25, -0.2) is 4.99 Å². The monoisotopic (exact) mass is 439 g/mol. The van der Waals surface area contributed by atoms with Gasteiger partial charge in [0.05, 0.1) is 18.4 Å². The van der Waals surface area contributed by atoms with E-state index in [-0.39, 0.29) is 5.91 Å². The SMILES string of the molecule is O=C(NCc1ccco1)c1ccsc1N=Cc1cn(Cc2ccccc2)c2ccccc12. The summed E-state index contributed by atoms with van der Waals surface area (Å²) in [5.74, 6) is 0.547. The Labute approximate surface area is 189 Å². The van der Waals surface area contributed by atoms with Crippen molar-refractivity contribution >= 4 is 39.4 Å². The average Bonchev–Trinajstić information content (AvgIpc) is 3.58. The summed E-state index contributed by atoms with van der Waals surface area (Å²) in [6, 6.07) is 24.1.